The van der Waals surface area contributed by atoms with Crippen molar-refractivity contribution < 1.29 is 24.5 Å². The Kier molecular flexibility index (Phi) is 6.92. The van der Waals surface area contributed by atoms with Crippen LogP contribution in [-0.4, -0.2) is 39.5 Å². The Morgan fingerprint density at radius 1 is 1.17 bits per heavy atom. The Bertz CT molecular complexity index is 1020. The van der Waals surface area contributed by atoms with Crippen LogP contribution < -0.4 is 10.7 Å². The molecule has 2 aromatic rings. The summed E-state index contributed by atoms with van der Waals surface area (Å²) in [6, 6.07) is 8.03. The number of nitro groups is 2. The first-order chi connectivity index (χ1) is 13.7. The fourth-order valence-electron chi connectivity index (χ4n) is 2.08. The number of halogens is 1. The third-order valence-electron chi connectivity index (χ3n) is 3.43. The summed E-state index contributed by atoms with van der Waals surface area (Å²) < 4.78 is 0.540. The third-order valence-corrected chi connectivity index (χ3v) is 4.12. The summed E-state index contributed by atoms with van der Waals surface area (Å²) in [5, 5.41) is 37.4. The molecule has 0 saturated carbocycles. The molecule has 12 nitrogen and oxygen atoms in total. The van der Waals surface area contributed by atoms with E-state index in [0.29, 0.717) is 16.1 Å². The highest BCUT2D eigenvalue weighted by Crippen LogP contribution is 2.33. The minimum atomic E-state index is -0.991. The summed E-state index contributed by atoms with van der Waals surface area (Å²) in [5.41, 5.74) is 0.486. The lowest BCUT2D eigenvalue weighted by atomic mass is 10.1. The Hall–Kier alpha value is -3.87. The molecule has 0 fully saturated rings. The van der Waals surface area contributed by atoms with Crippen molar-refractivity contribution in [2.24, 2.45) is 5.10 Å². The molecule has 0 radical (unpaired) electrons. The number of hydrazone groups is 1. The van der Waals surface area contributed by atoms with Gasteiger partial charge in [0, 0.05) is 10.5 Å². The van der Waals surface area contributed by atoms with Crippen LogP contribution in [0.5, 0.6) is 5.75 Å². The number of carbonyl (C=O) groups is 2. The monoisotopic (exact) mass is 465 g/mol. The molecule has 29 heavy (non-hydrogen) atoms. The normalized spacial score (nSPS) is 10.5. The summed E-state index contributed by atoms with van der Waals surface area (Å²) in [6.45, 7) is -0.432. The van der Waals surface area contributed by atoms with Crippen molar-refractivity contribution in [3.05, 3.63) is 72.2 Å². The van der Waals surface area contributed by atoms with Crippen LogP contribution in [0.3, 0.4) is 0 Å². The molecule has 0 atom stereocenters. The first kappa shape index (κ1) is 21.4. The molecule has 0 spiro atoms. The highest BCUT2D eigenvalue weighted by atomic mass is 79.9. The molecule has 2 amide bonds. The van der Waals surface area contributed by atoms with Gasteiger partial charge in [0.25, 0.3) is 17.5 Å². The highest BCUT2D eigenvalue weighted by molar-refractivity contribution is 9.10. The second-order valence-electron chi connectivity index (χ2n) is 5.37. The van der Waals surface area contributed by atoms with Gasteiger partial charge in [-0.2, -0.15) is 5.10 Å². The van der Waals surface area contributed by atoms with Gasteiger partial charge in [-0.05, 0) is 28.1 Å². The lowest BCUT2D eigenvalue weighted by molar-refractivity contribution is -0.394. The molecule has 0 aromatic heterocycles. The smallest absolute Gasteiger partial charge is 0.318 e. The summed E-state index contributed by atoms with van der Waals surface area (Å²) in [5.74, 6) is -2.09. The lowest BCUT2D eigenvalue weighted by Gasteiger charge is -2.06. The molecule has 0 saturated heterocycles. The maximum Gasteiger partial charge on any atom is 0.318 e. The standard InChI is InChI=1S/C16H12BrN5O7/c17-12-4-2-1-3-11(12)16(25)18-8-14(23)20-19-7-9-5-10(21(26)27)6-13(15(9)24)22(28)29/h1-7,24H,8H2,(H,18,25)(H,20,23)/b19-7+. The van der Waals surface area contributed by atoms with E-state index in [1.54, 1.807) is 24.3 Å². The van der Waals surface area contributed by atoms with Crippen LogP contribution >= 0.6 is 15.9 Å². The van der Waals surface area contributed by atoms with Crippen LogP contribution in [0.4, 0.5) is 11.4 Å². The van der Waals surface area contributed by atoms with E-state index in [2.05, 4.69) is 26.3 Å². The number of hydrogen-bond acceptors (Lipinski definition) is 8. The zero-order chi connectivity index (χ0) is 21.6. The Morgan fingerprint density at radius 3 is 2.48 bits per heavy atom. The van der Waals surface area contributed by atoms with Gasteiger partial charge in [-0.3, -0.25) is 29.8 Å². The summed E-state index contributed by atoms with van der Waals surface area (Å²) in [4.78, 5) is 43.6. The van der Waals surface area contributed by atoms with Gasteiger partial charge >= 0.3 is 5.69 Å². The van der Waals surface area contributed by atoms with Crippen molar-refractivity contribution in [1.82, 2.24) is 10.7 Å². The molecule has 0 aliphatic rings. The van der Waals surface area contributed by atoms with Crippen molar-refractivity contribution in [3.8, 4) is 5.75 Å². The number of phenolic OH excluding ortho intramolecular Hbond substituents is 1. The third kappa shape index (κ3) is 5.55. The second kappa shape index (κ2) is 9.36. The molecule has 3 N–H and O–H groups in total. The maximum absolute atomic E-state index is 12.0. The SMILES string of the molecule is O=C(CNC(=O)c1ccccc1Br)N/N=C/c1cc([N+](=O)[O-])cc([N+](=O)[O-])c1O. The fourth-order valence-corrected chi connectivity index (χ4v) is 2.55. The average molecular weight is 466 g/mol. The number of carbonyl (C=O) groups excluding carboxylic acids is 2. The predicted molar refractivity (Wildman–Crippen MR) is 104 cm³/mol. The van der Waals surface area contributed by atoms with E-state index in [0.717, 1.165) is 12.3 Å². The molecule has 0 heterocycles. The van der Waals surface area contributed by atoms with E-state index in [4.69, 9.17) is 0 Å². The summed E-state index contributed by atoms with van der Waals surface area (Å²) >= 11 is 3.21. The molecule has 0 bridgehead atoms. The van der Waals surface area contributed by atoms with Crippen LogP contribution in [0.15, 0.2) is 46.0 Å². The highest BCUT2D eigenvalue weighted by Gasteiger charge is 2.23. The number of amides is 2. The molecule has 13 heteroatoms. The first-order valence-corrected chi connectivity index (χ1v) is 8.50. The minimum absolute atomic E-state index is 0.317. The van der Waals surface area contributed by atoms with E-state index < -0.39 is 45.3 Å². The quantitative estimate of drug-likeness (QED) is 0.317. The van der Waals surface area contributed by atoms with Crippen molar-refractivity contribution >= 4 is 45.3 Å². The van der Waals surface area contributed by atoms with E-state index in [1.807, 2.05) is 5.43 Å². The van der Waals surface area contributed by atoms with E-state index in [9.17, 15) is 34.9 Å². The zero-order valence-electron chi connectivity index (χ0n) is 14.4. The van der Waals surface area contributed by atoms with Crippen LogP contribution in [0.1, 0.15) is 15.9 Å². The molecular weight excluding hydrogens is 454 g/mol. The Balaban J connectivity index is 2.03. The van der Waals surface area contributed by atoms with E-state index >= 15 is 0 Å². The van der Waals surface area contributed by atoms with E-state index in [-0.39, 0.29) is 5.56 Å². The maximum atomic E-state index is 12.0. The number of hydrogen-bond donors (Lipinski definition) is 3. The number of phenols is 1. The fraction of sp³-hybridized carbons (Fsp3) is 0.0625. The van der Waals surface area contributed by atoms with Crippen molar-refractivity contribution in [1.29, 1.82) is 0 Å². The van der Waals surface area contributed by atoms with Crippen LogP contribution in [0.2, 0.25) is 0 Å². The minimum Gasteiger partial charge on any atom is -0.502 e. The largest absolute Gasteiger partial charge is 0.502 e. The van der Waals surface area contributed by atoms with Gasteiger partial charge in [-0.1, -0.05) is 12.1 Å². The number of nitrogens with zero attached hydrogens (tertiary/aromatic N) is 3. The van der Waals surface area contributed by atoms with Crippen LogP contribution in [0, 0.1) is 20.2 Å². The van der Waals surface area contributed by atoms with Crippen LogP contribution in [-0.2, 0) is 4.79 Å². The number of nitrogens with one attached hydrogen (secondary N) is 2. The number of rotatable bonds is 7. The Labute approximate surface area is 170 Å². The van der Waals surface area contributed by atoms with E-state index in [1.165, 1.54) is 0 Å². The molecule has 2 rings (SSSR count). The van der Waals surface area contributed by atoms with Crippen molar-refractivity contribution in [2.75, 3.05) is 6.54 Å². The zero-order valence-corrected chi connectivity index (χ0v) is 16.0. The molecule has 0 aliphatic carbocycles. The number of nitro benzene ring substituents is 2. The summed E-state index contributed by atoms with van der Waals surface area (Å²) in [7, 11) is 0. The second-order valence-corrected chi connectivity index (χ2v) is 6.23. The average Bonchev–Trinajstić information content (AvgIpc) is 2.67. The van der Waals surface area contributed by atoms with Gasteiger partial charge in [-0.15, -0.1) is 0 Å². The van der Waals surface area contributed by atoms with Gasteiger partial charge < -0.3 is 10.4 Å². The molecular formula is C16H12BrN5O7. The van der Waals surface area contributed by atoms with Crippen LogP contribution in [0.25, 0.3) is 0 Å². The lowest BCUT2D eigenvalue weighted by Crippen LogP contribution is -2.35. The first-order valence-electron chi connectivity index (χ1n) is 7.71. The van der Waals surface area contributed by atoms with Crippen molar-refractivity contribution in [3.63, 3.8) is 0 Å². The number of benzene rings is 2. The topological polar surface area (TPSA) is 177 Å². The Morgan fingerprint density at radius 2 is 1.86 bits per heavy atom. The van der Waals surface area contributed by atoms with Gasteiger partial charge in [0.15, 0.2) is 0 Å². The molecule has 0 unspecified atom stereocenters. The van der Waals surface area contributed by atoms with Crippen molar-refractivity contribution in [2.45, 2.75) is 0 Å². The van der Waals surface area contributed by atoms with Gasteiger partial charge in [0.05, 0.1) is 39.8 Å². The number of non-ortho nitro benzene ring substituents is 1. The van der Waals surface area contributed by atoms with Gasteiger partial charge in [-0.25, -0.2) is 5.43 Å². The predicted octanol–water partition coefficient (Wildman–Crippen LogP) is 1.85. The van der Waals surface area contributed by atoms with Gasteiger partial charge in [0.1, 0.15) is 0 Å². The molecule has 150 valence electrons. The number of aromatic hydroxyl groups is 1. The van der Waals surface area contributed by atoms with Gasteiger partial charge in [0.2, 0.25) is 5.75 Å². The molecule has 0 aliphatic heterocycles. The molecule has 2 aromatic carbocycles. The summed E-state index contributed by atoms with van der Waals surface area (Å²) in [6.07, 6.45) is 0.808.